The molecule has 37 heavy (non-hydrogen) atoms. The van der Waals surface area contributed by atoms with Crippen LogP contribution in [0.3, 0.4) is 0 Å². The van der Waals surface area contributed by atoms with Crippen molar-refractivity contribution in [2.24, 2.45) is 0 Å². The number of benzene rings is 2. The Labute approximate surface area is 216 Å². The van der Waals surface area contributed by atoms with Gasteiger partial charge in [0.1, 0.15) is 12.4 Å². The first-order valence-electron chi connectivity index (χ1n) is 12.5. The number of ketones is 1. The summed E-state index contributed by atoms with van der Waals surface area (Å²) in [5.41, 5.74) is 3.08. The summed E-state index contributed by atoms with van der Waals surface area (Å²) >= 11 is 0. The van der Waals surface area contributed by atoms with Crippen molar-refractivity contribution in [3.05, 3.63) is 96.1 Å². The molecule has 0 radical (unpaired) electrons. The molecule has 0 bridgehead atoms. The number of aryl methyl sites for hydroxylation is 1. The molecule has 1 amide bonds. The van der Waals surface area contributed by atoms with E-state index in [9.17, 15) is 9.59 Å². The summed E-state index contributed by atoms with van der Waals surface area (Å²) in [6.07, 6.45) is 8.46. The van der Waals surface area contributed by atoms with Gasteiger partial charge in [-0.3, -0.25) is 14.6 Å². The number of hydrogen-bond acceptors (Lipinski definition) is 7. The lowest BCUT2D eigenvalue weighted by atomic mass is 10.0. The van der Waals surface area contributed by atoms with Crippen LogP contribution in [-0.2, 0) is 29.2 Å². The lowest BCUT2D eigenvalue weighted by molar-refractivity contribution is -0.138. The van der Waals surface area contributed by atoms with Gasteiger partial charge in [-0.2, -0.15) is 0 Å². The minimum absolute atomic E-state index is 0.00176. The quantitative estimate of drug-likeness (QED) is 0.191. The Kier molecular flexibility index (Phi) is 9.52. The highest BCUT2D eigenvalue weighted by Gasteiger charge is 2.15. The van der Waals surface area contributed by atoms with E-state index in [2.05, 4.69) is 32.6 Å². The van der Waals surface area contributed by atoms with Gasteiger partial charge in [0.25, 0.3) is 5.91 Å². The summed E-state index contributed by atoms with van der Waals surface area (Å²) in [5, 5.41) is 10.6. The Bertz CT molecular complexity index is 1260. The third-order valence-electron chi connectivity index (χ3n) is 5.84. The van der Waals surface area contributed by atoms with Gasteiger partial charge in [0, 0.05) is 24.4 Å². The number of amides is 1. The first kappa shape index (κ1) is 25.8. The van der Waals surface area contributed by atoms with Gasteiger partial charge in [0.15, 0.2) is 0 Å². The van der Waals surface area contributed by atoms with Crippen molar-refractivity contribution in [1.82, 2.24) is 20.5 Å². The van der Waals surface area contributed by atoms with Gasteiger partial charge >= 0.3 is 0 Å². The smallest absolute Gasteiger partial charge is 0.287 e. The molecule has 0 fully saturated rings. The molecule has 2 aromatic carbocycles. The van der Waals surface area contributed by atoms with Gasteiger partial charge in [-0.05, 0) is 66.8 Å². The number of nitrogens with one attached hydrogen (secondary N) is 1. The van der Waals surface area contributed by atoms with Crippen molar-refractivity contribution in [3.8, 4) is 17.2 Å². The standard InChI is InChI=1S/C29H30N4O4/c34-26(11-7-2-1-4-8-22-9-5-3-6-10-22)28(35)31-20-27-32-33-29(37-27)24-12-14-25(15-13-24)36-21-23-16-18-30-19-17-23/h3,5-6,9-10,12-19H,1-2,4,7-8,11,20-21H2,(H,31,35). The fourth-order valence-electron chi connectivity index (χ4n) is 3.76. The average Bonchev–Trinajstić information content (AvgIpc) is 3.43. The molecule has 0 spiro atoms. The minimum Gasteiger partial charge on any atom is -0.489 e. The molecule has 0 aliphatic carbocycles. The number of Topliss-reactive ketones (excluding diaryl/α,β-unsaturated/α-hetero) is 1. The summed E-state index contributed by atoms with van der Waals surface area (Å²) in [4.78, 5) is 28.2. The molecule has 4 aromatic rings. The van der Waals surface area contributed by atoms with Crippen molar-refractivity contribution in [2.45, 2.75) is 51.7 Å². The molecule has 2 aromatic heterocycles. The van der Waals surface area contributed by atoms with Crippen LogP contribution in [0.2, 0.25) is 0 Å². The fourth-order valence-corrected chi connectivity index (χ4v) is 3.76. The fraction of sp³-hybridized carbons (Fsp3) is 0.276. The lowest BCUT2D eigenvalue weighted by Gasteiger charge is -2.06. The van der Waals surface area contributed by atoms with Crippen LogP contribution in [0.1, 0.15) is 49.1 Å². The number of hydrogen-bond donors (Lipinski definition) is 1. The highest BCUT2D eigenvalue weighted by molar-refractivity contribution is 6.36. The van der Waals surface area contributed by atoms with Crippen molar-refractivity contribution in [3.63, 3.8) is 0 Å². The van der Waals surface area contributed by atoms with Gasteiger partial charge in [0.2, 0.25) is 17.6 Å². The number of nitrogens with zero attached hydrogens (tertiary/aromatic N) is 3. The molecular formula is C29H30N4O4. The second-order valence-electron chi connectivity index (χ2n) is 8.68. The van der Waals surface area contributed by atoms with E-state index in [0.29, 0.717) is 24.7 Å². The maximum atomic E-state index is 12.1. The van der Waals surface area contributed by atoms with E-state index in [-0.39, 0.29) is 18.9 Å². The van der Waals surface area contributed by atoms with Crippen LogP contribution < -0.4 is 10.1 Å². The van der Waals surface area contributed by atoms with Crippen LogP contribution in [0.4, 0.5) is 0 Å². The van der Waals surface area contributed by atoms with Crippen LogP contribution in [0.5, 0.6) is 5.75 Å². The summed E-state index contributed by atoms with van der Waals surface area (Å²) in [6.45, 7) is 0.445. The molecule has 0 saturated carbocycles. The molecule has 0 aliphatic heterocycles. The van der Waals surface area contributed by atoms with Crippen LogP contribution in [0.25, 0.3) is 11.5 Å². The summed E-state index contributed by atoms with van der Waals surface area (Å²) in [7, 11) is 0. The van der Waals surface area contributed by atoms with E-state index in [1.807, 2.05) is 54.6 Å². The first-order chi connectivity index (χ1) is 18.2. The zero-order valence-electron chi connectivity index (χ0n) is 20.6. The van der Waals surface area contributed by atoms with Crippen molar-refractivity contribution in [1.29, 1.82) is 0 Å². The molecule has 8 heteroatoms. The van der Waals surface area contributed by atoms with Gasteiger partial charge < -0.3 is 14.5 Å². The molecule has 0 saturated heterocycles. The van der Waals surface area contributed by atoms with Gasteiger partial charge in [-0.25, -0.2) is 0 Å². The summed E-state index contributed by atoms with van der Waals surface area (Å²) in [5.74, 6) is 0.217. The Morgan fingerprint density at radius 2 is 1.57 bits per heavy atom. The van der Waals surface area contributed by atoms with Crippen LogP contribution in [-0.4, -0.2) is 26.9 Å². The largest absolute Gasteiger partial charge is 0.489 e. The number of ether oxygens (including phenoxy) is 1. The molecule has 0 unspecified atom stereocenters. The molecule has 4 rings (SSSR count). The van der Waals surface area contributed by atoms with Gasteiger partial charge in [-0.1, -0.05) is 43.2 Å². The first-order valence-corrected chi connectivity index (χ1v) is 12.5. The Balaban J connectivity index is 1.13. The van der Waals surface area contributed by atoms with E-state index in [1.165, 1.54) is 5.56 Å². The lowest BCUT2D eigenvalue weighted by Crippen LogP contribution is -2.30. The van der Waals surface area contributed by atoms with E-state index < -0.39 is 11.7 Å². The number of carbonyl (C=O) groups excluding carboxylic acids is 2. The third-order valence-corrected chi connectivity index (χ3v) is 5.84. The van der Waals surface area contributed by atoms with Crippen molar-refractivity contribution >= 4 is 11.7 Å². The second kappa shape index (κ2) is 13.7. The molecule has 0 aliphatic rings. The van der Waals surface area contributed by atoms with Crippen LogP contribution in [0.15, 0.2) is 83.5 Å². The van der Waals surface area contributed by atoms with Crippen molar-refractivity contribution < 1.29 is 18.7 Å². The zero-order chi connectivity index (χ0) is 25.7. The van der Waals surface area contributed by atoms with E-state index in [0.717, 1.165) is 36.8 Å². The predicted molar refractivity (Wildman–Crippen MR) is 138 cm³/mol. The number of aromatic nitrogens is 3. The topological polar surface area (TPSA) is 107 Å². The summed E-state index contributed by atoms with van der Waals surface area (Å²) < 4.78 is 11.4. The SMILES string of the molecule is O=C(CCCCCCc1ccccc1)C(=O)NCc1nnc(-c2ccc(OCc3ccncc3)cc2)o1. The number of unbranched alkanes of at least 4 members (excludes halogenated alkanes) is 3. The highest BCUT2D eigenvalue weighted by Crippen LogP contribution is 2.22. The molecule has 2 heterocycles. The summed E-state index contributed by atoms with van der Waals surface area (Å²) in [6, 6.07) is 21.4. The maximum absolute atomic E-state index is 12.1. The monoisotopic (exact) mass is 498 g/mol. The molecule has 1 N–H and O–H groups in total. The normalized spacial score (nSPS) is 10.7. The van der Waals surface area contributed by atoms with Gasteiger partial charge in [0.05, 0.1) is 6.54 Å². The third kappa shape index (κ3) is 8.38. The zero-order valence-corrected chi connectivity index (χ0v) is 20.6. The molecule has 0 atom stereocenters. The minimum atomic E-state index is -0.625. The Morgan fingerprint density at radius 3 is 2.35 bits per heavy atom. The van der Waals surface area contributed by atoms with Crippen molar-refractivity contribution in [2.75, 3.05) is 0 Å². The van der Waals surface area contributed by atoms with Gasteiger partial charge in [-0.15, -0.1) is 10.2 Å². The van der Waals surface area contributed by atoms with Crippen LogP contribution >= 0.6 is 0 Å². The number of carbonyl (C=O) groups is 2. The Morgan fingerprint density at radius 1 is 0.811 bits per heavy atom. The highest BCUT2D eigenvalue weighted by atomic mass is 16.5. The van der Waals surface area contributed by atoms with E-state index in [4.69, 9.17) is 9.15 Å². The Hall–Kier alpha value is -4.33. The van der Waals surface area contributed by atoms with E-state index >= 15 is 0 Å². The maximum Gasteiger partial charge on any atom is 0.287 e. The number of pyridine rings is 1. The average molecular weight is 499 g/mol. The molecule has 190 valence electrons. The second-order valence-corrected chi connectivity index (χ2v) is 8.68. The van der Waals surface area contributed by atoms with Crippen LogP contribution in [0, 0.1) is 0 Å². The van der Waals surface area contributed by atoms with E-state index in [1.54, 1.807) is 12.4 Å². The molecular weight excluding hydrogens is 468 g/mol. The number of rotatable bonds is 14. The predicted octanol–water partition coefficient (Wildman–Crippen LogP) is 5.09. The molecule has 8 nitrogen and oxygen atoms in total.